The minimum atomic E-state index is -0.319. The molecule has 0 saturated heterocycles. The summed E-state index contributed by atoms with van der Waals surface area (Å²) >= 11 is 12.0. The van der Waals surface area contributed by atoms with Crippen LogP contribution in [0.5, 0.6) is 0 Å². The van der Waals surface area contributed by atoms with Gasteiger partial charge in [-0.2, -0.15) is 0 Å². The van der Waals surface area contributed by atoms with Crippen molar-refractivity contribution in [2.45, 2.75) is 6.04 Å². The average Bonchev–Trinajstić information content (AvgIpc) is 2.84. The zero-order valence-corrected chi connectivity index (χ0v) is 12.4. The molecule has 0 saturated carbocycles. The first-order valence-electron chi connectivity index (χ1n) is 6.36. The number of aliphatic imine (C=N–C) groups is 1. The summed E-state index contributed by atoms with van der Waals surface area (Å²) in [6, 6.07) is 11.5. The van der Waals surface area contributed by atoms with Crippen molar-refractivity contribution < 1.29 is 4.39 Å². The molecule has 1 aliphatic heterocycles. The Hall–Kier alpha value is -1.78. The molecule has 21 heavy (non-hydrogen) atoms. The van der Waals surface area contributed by atoms with Crippen LogP contribution in [-0.4, -0.2) is 12.5 Å². The molecule has 3 rings (SSSR count). The van der Waals surface area contributed by atoms with Crippen molar-refractivity contribution >= 4 is 34.8 Å². The largest absolute Gasteiger partial charge is 0.369 e. The molecule has 108 valence electrons. The lowest BCUT2D eigenvalue weighted by Gasteiger charge is -2.27. The van der Waals surface area contributed by atoms with Gasteiger partial charge in [-0.3, -0.25) is 4.99 Å². The van der Waals surface area contributed by atoms with E-state index in [2.05, 4.69) is 4.99 Å². The van der Waals surface area contributed by atoms with Crippen LogP contribution in [0, 0.1) is 5.82 Å². The van der Waals surface area contributed by atoms with Crippen molar-refractivity contribution in [3.05, 3.63) is 63.9 Å². The number of nitrogens with two attached hydrogens (primary N) is 1. The Labute approximate surface area is 131 Å². The molecule has 1 aliphatic rings. The molecule has 1 heterocycles. The summed E-state index contributed by atoms with van der Waals surface area (Å²) in [6.07, 6.45) is 0. The fourth-order valence-electron chi connectivity index (χ4n) is 2.41. The standard InChI is InChI=1S/C15H12Cl2FN3/c16-12-5-4-9(6-13(12)17)14-8-20-15(19)21(14)11-3-1-2-10(18)7-11/h1-7,14H,8H2,(H2,19,20). The molecule has 1 atom stereocenters. The van der Waals surface area contributed by atoms with E-state index >= 15 is 0 Å². The van der Waals surface area contributed by atoms with Gasteiger partial charge in [-0.05, 0) is 35.9 Å². The molecular weight excluding hydrogens is 312 g/mol. The summed E-state index contributed by atoms with van der Waals surface area (Å²) in [5.74, 6) is 0.0387. The summed E-state index contributed by atoms with van der Waals surface area (Å²) < 4.78 is 13.4. The van der Waals surface area contributed by atoms with Gasteiger partial charge in [0.25, 0.3) is 0 Å². The molecule has 0 aromatic heterocycles. The van der Waals surface area contributed by atoms with Crippen LogP contribution in [0.25, 0.3) is 0 Å². The van der Waals surface area contributed by atoms with Crippen molar-refractivity contribution in [3.8, 4) is 0 Å². The lowest BCUT2D eigenvalue weighted by Crippen LogP contribution is -2.36. The van der Waals surface area contributed by atoms with Gasteiger partial charge in [0, 0.05) is 5.69 Å². The van der Waals surface area contributed by atoms with E-state index in [1.807, 2.05) is 6.07 Å². The summed E-state index contributed by atoms with van der Waals surface area (Å²) in [4.78, 5) is 6.05. The highest BCUT2D eigenvalue weighted by atomic mass is 35.5. The fourth-order valence-corrected chi connectivity index (χ4v) is 2.72. The Kier molecular flexibility index (Phi) is 3.74. The normalized spacial score (nSPS) is 18.0. The number of halogens is 3. The molecule has 3 nitrogen and oxygen atoms in total. The zero-order chi connectivity index (χ0) is 15.0. The number of hydrogen-bond donors (Lipinski definition) is 1. The van der Waals surface area contributed by atoms with E-state index in [9.17, 15) is 4.39 Å². The van der Waals surface area contributed by atoms with E-state index < -0.39 is 0 Å². The third kappa shape index (κ3) is 2.69. The quantitative estimate of drug-likeness (QED) is 0.907. The van der Waals surface area contributed by atoms with Crippen LogP contribution in [0.3, 0.4) is 0 Å². The van der Waals surface area contributed by atoms with Crippen LogP contribution >= 0.6 is 23.2 Å². The SMILES string of the molecule is NC1=NCC(c2ccc(Cl)c(Cl)c2)N1c1cccc(F)c1. The molecule has 0 aliphatic carbocycles. The Morgan fingerprint density at radius 2 is 1.95 bits per heavy atom. The second kappa shape index (κ2) is 5.54. The van der Waals surface area contributed by atoms with E-state index in [0.717, 1.165) is 5.56 Å². The first-order valence-corrected chi connectivity index (χ1v) is 7.11. The Balaban J connectivity index is 2.00. The molecule has 2 aromatic rings. The van der Waals surface area contributed by atoms with Gasteiger partial charge in [0.1, 0.15) is 5.82 Å². The maximum Gasteiger partial charge on any atom is 0.196 e. The second-order valence-electron chi connectivity index (χ2n) is 4.74. The predicted octanol–water partition coefficient (Wildman–Crippen LogP) is 4.01. The van der Waals surface area contributed by atoms with Gasteiger partial charge in [0.15, 0.2) is 5.96 Å². The molecule has 0 amide bonds. The zero-order valence-electron chi connectivity index (χ0n) is 10.9. The maximum atomic E-state index is 13.4. The van der Waals surface area contributed by atoms with Crippen molar-refractivity contribution in [1.82, 2.24) is 0 Å². The number of benzene rings is 2. The Bertz CT molecular complexity index is 718. The molecule has 0 spiro atoms. The molecule has 2 N–H and O–H groups in total. The number of nitrogens with zero attached hydrogens (tertiary/aromatic N) is 2. The van der Waals surface area contributed by atoms with Crippen LogP contribution in [-0.2, 0) is 0 Å². The minimum absolute atomic E-state index is 0.124. The Morgan fingerprint density at radius 1 is 1.14 bits per heavy atom. The first kappa shape index (κ1) is 14.2. The van der Waals surface area contributed by atoms with E-state index in [1.54, 1.807) is 29.2 Å². The van der Waals surface area contributed by atoms with Gasteiger partial charge in [-0.25, -0.2) is 4.39 Å². The van der Waals surface area contributed by atoms with Crippen LogP contribution in [0.2, 0.25) is 10.0 Å². The fraction of sp³-hybridized carbons (Fsp3) is 0.133. The third-order valence-electron chi connectivity index (χ3n) is 3.40. The average molecular weight is 324 g/mol. The molecule has 0 fully saturated rings. The summed E-state index contributed by atoms with van der Waals surface area (Å²) in [6.45, 7) is 0.486. The van der Waals surface area contributed by atoms with Gasteiger partial charge in [-0.15, -0.1) is 0 Å². The maximum absolute atomic E-state index is 13.4. The summed E-state index contributed by atoms with van der Waals surface area (Å²) in [7, 11) is 0. The second-order valence-corrected chi connectivity index (χ2v) is 5.55. The molecule has 0 radical (unpaired) electrons. The molecule has 2 aromatic carbocycles. The van der Waals surface area contributed by atoms with Crippen LogP contribution in [0.1, 0.15) is 11.6 Å². The van der Waals surface area contributed by atoms with E-state index in [1.165, 1.54) is 12.1 Å². The van der Waals surface area contributed by atoms with E-state index in [4.69, 9.17) is 28.9 Å². The van der Waals surface area contributed by atoms with Crippen LogP contribution < -0.4 is 10.6 Å². The summed E-state index contributed by atoms with van der Waals surface area (Å²) in [5.41, 5.74) is 7.54. The van der Waals surface area contributed by atoms with Crippen molar-refractivity contribution in [3.63, 3.8) is 0 Å². The van der Waals surface area contributed by atoms with Crippen LogP contribution in [0.15, 0.2) is 47.5 Å². The number of guanidine groups is 1. The number of anilines is 1. The van der Waals surface area contributed by atoms with Crippen LogP contribution in [0.4, 0.5) is 10.1 Å². The lowest BCUT2D eigenvalue weighted by atomic mass is 10.1. The van der Waals surface area contributed by atoms with Gasteiger partial charge >= 0.3 is 0 Å². The van der Waals surface area contributed by atoms with Crippen molar-refractivity contribution in [2.75, 3.05) is 11.4 Å². The number of rotatable bonds is 2. The third-order valence-corrected chi connectivity index (χ3v) is 4.14. The number of hydrogen-bond acceptors (Lipinski definition) is 3. The van der Waals surface area contributed by atoms with Gasteiger partial charge in [-0.1, -0.05) is 35.3 Å². The highest BCUT2D eigenvalue weighted by Gasteiger charge is 2.29. The molecule has 0 bridgehead atoms. The minimum Gasteiger partial charge on any atom is -0.369 e. The first-order chi connectivity index (χ1) is 10.1. The predicted molar refractivity (Wildman–Crippen MR) is 84.6 cm³/mol. The monoisotopic (exact) mass is 323 g/mol. The van der Waals surface area contributed by atoms with E-state index in [-0.39, 0.29) is 11.9 Å². The highest BCUT2D eigenvalue weighted by Crippen LogP contribution is 2.34. The van der Waals surface area contributed by atoms with Crippen molar-refractivity contribution in [1.29, 1.82) is 0 Å². The Morgan fingerprint density at radius 3 is 2.67 bits per heavy atom. The van der Waals surface area contributed by atoms with Crippen molar-refractivity contribution in [2.24, 2.45) is 10.7 Å². The van der Waals surface area contributed by atoms with Gasteiger partial charge < -0.3 is 10.6 Å². The lowest BCUT2D eigenvalue weighted by molar-refractivity contribution is 0.626. The molecule has 1 unspecified atom stereocenters. The van der Waals surface area contributed by atoms with Gasteiger partial charge in [0.05, 0.1) is 22.6 Å². The molecular formula is C15H12Cl2FN3. The van der Waals surface area contributed by atoms with E-state index in [0.29, 0.717) is 28.2 Å². The molecule has 6 heteroatoms. The summed E-state index contributed by atoms with van der Waals surface area (Å²) in [5, 5.41) is 0.962. The highest BCUT2D eigenvalue weighted by molar-refractivity contribution is 6.42. The smallest absolute Gasteiger partial charge is 0.196 e. The van der Waals surface area contributed by atoms with Gasteiger partial charge in [0.2, 0.25) is 0 Å². The topological polar surface area (TPSA) is 41.6 Å².